The lowest BCUT2D eigenvalue weighted by atomic mass is 9.62. The highest BCUT2D eigenvalue weighted by Crippen LogP contribution is 2.58. The van der Waals surface area contributed by atoms with Crippen LogP contribution in [0.2, 0.25) is 0 Å². The van der Waals surface area contributed by atoms with Crippen LogP contribution in [0, 0.1) is 11.3 Å². The van der Waals surface area contributed by atoms with Crippen molar-refractivity contribution >= 4 is 11.5 Å². The average molecular weight is 374 g/mol. The third-order valence-corrected chi connectivity index (χ3v) is 7.29. The minimum absolute atomic E-state index is 0.0570. The minimum Gasteiger partial charge on any atom is -0.423 e. The molecule has 2 aromatic rings. The molecule has 3 heteroatoms. The lowest BCUT2D eigenvalue weighted by molar-refractivity contribution is 0.0379. The number of carbonyl (C=O) groups is 1. The van der Waals surface area contributed by atoms with Gasteiger partial charge in [-0.25, -0.2) is 4.79 Å². The Morgan fingerprint density at radius 3 is 2.71 bits per heavy atom. The largest absolute Gasteiger partial charge is 0.423 e. The highest BCUT2D eigenvalue weighted by Gasteiger charge is 2.50. The summed E-state index contributed by atoms with van der Waals surface area (Å²) in [5.74, 6) is 0.827. The van der Waals surface area contributed by atoms with Crippen LogP contribution in [0.5, 0.6) is 5.75 Å². The fourth-order valence-corrected chi connectivity index (χ4v) is 5.67. The number of hydrogen-bond donors (Lipinski definition) is 1. The molecule has 0 saturated heterocycles. The summed E-state index contributed by atoms with van der Waals surface area (Å²) >= 11 is 0. The molecule has 0 aliphatic heterocycles. The predicted octanol–water partition coefficient (Wildman–Crippen LogP) is 5.18. The zero-order valence-corrected chi connectivity index (χ0v) is 16.3. The van der Waals surface area contributed by atoms with Crippen LogP contribution in [-0.2, 0) is 6.42 Å². The van der Waals surface area contributed by atoms with Crippen LogP contribution >= 0.6 is 0 Å². The van der Waals surface area contributed by atoms with Gasteiger partial charge in [0.1, 0.15) is 5.75 Å². The SMILES string of the molecule is C[C@]12CCC3=C(CCc4cc(OC(=O)c5ccccc5)ccc43)[C@@H]1CC[C@@H]2O. The van der Waals surface area contributed by atoms with Crippen molar-refractivity contribution < 1.29 is 14.6 Å². The van der Waals surface area contributed by atoms with Crippen molar-refractivity contribution in [2.24, 2.45) is 11.3 Å². The first-order valence-corrected chi connectivity index (χ1v) is 10.4. The zero-order chi connectivity index (χ0) is 19.3. The van der Waals surface area contributed by atoms with Gasteiger partial charge in [-0.2, -0.15) is 0 Å². The zero-order valence-electron chi connectivity index (χ0n) is 16.3. The van der Waals surface area contributed by atoms with Crippen molar-refractivity contribution in [3.05, 3.63) is 70.8 Å². The first-order valence-electron chi connectivity index (χ1n) is 10.4. The molecule has 1 saturated carbocycles. The van der Waals surface area contributed by atoms with E-state index in [1.807, 2.05) is 30.3 Å². The summed E-state index contributed by atoms with van der Waals surface area (Å²) in [6, 6.07) is 15.2. The Hall–Kier alpha value is -2.39. The van der Waals surface area contributed by atoms with Crippen LogP contribution in [-0.4, -0.2) is 17.2 Å². The summed E-state index contributed by atoms with van der Waals surface area (Å²) in [6.45, 7) is 2.28. The minimum atomic E-state index is -0.315. The molecule has 5 rings (SSSR count). The van der Waals surface area contributed by atoms with Gasteiger partial charge in [0, 0.05) is 5.41 Å². The molecule has 3 nitrogen and oxygen atoms in total. The Bertz CT molecular complexity index is 959. The van der Waals surface area contributed by atoms with Gasteiger partial charge < -0.3 is 9.84 Å². The lowest BCUT2D eigenvalue weighted by Crippen LogP contribution is -2.37. The van der Waals surface area contributed by atoms with Crippen molar-refractivity contribution in [3.63, 3.8) is 0 Å². The van der Waals surface area contributed by atoms with Crippen LogP contribution < -0.4 is 4.74 Å². The predicted molar refractivity (Wildman–Crippen MR) is 109 cm³/mol. The fourth-order valence-electron chi connectivity index (χ4n) is 5.67. The first-order chi connectivity index (χ1) is 13.6. The van der Waals surface area contributed by atoms with Gasteiger partial charge in [-0.1, -0.05) is 36.8 Å². The number of aryl methyl sites for hydroxylation is 1. The second kappa shape index (κ2) is 6.59. The summed E-state index contributed by atoms with van der Waals surface area (Å²) in [5, 5.41) is 10.5. The average Bonchev–Trinajstić information content (AvgIpc) is 3.03. The smallest absolute Gasteiger partial charge is 0.343 e. The molecule has 0 unspecified atom stereocenters. The van der Waals surface area contributed by atoms with Gasteiger partial charge in [0.2, 0.25) is 0 Å². The number of carbonyl (C=O) groups excluding carboxylic acids is 1. The van der Waals surface area contributed by atoms with Gasteiger partial charge in [-0.15, -0.1) is 0 Å². The fraction of sp³-hybridized carbons (Fsp3) is 0.400. The molecule has 1 fully saturated rings. The molecular weight excluding hydrogens is 348 g/mol. The van der Waals surface area contributed by atoms with E-state index in [0.29, 0.717) is 17.2 Å². The number of ether oxygens (including phenoxy) is 1. The number of esters is 1. The number of fused-ring (bicyclic) bond motifs is 4. The quantitative estimate of drug-likeness (QED) is 0.582. The van der Waals surface area contributed by atoms with Crippen molar-refractivity contribution in [2.75, 3.05) is 0 Å². The summed E-state index contributed by atoms with van der Waals surface area (Å²) in [6.07, 6.45) is 6.02. The standard InChI is InChI=1S/C25H26O3/c1-25-14-13-20-19-10-8-18(28-24(27)16-5-3-2-4-6-16)15-17(19)7-9-21(20)22(25)11-12-23(25)26/h2-6,8,10,15,22-23,26H,7,9,11-14H2,1H3/t22-,23-,25-/m0/s1. The maximum atomic E-state index is 12.3. The molecule has 0 amide bonds. The number of allylic oxidation sites excluding steroid dienone is 2. The van der Waals surface area contributed by atoms with E-state index in [4.69, 9.17) is 4.74 Å². The molecule has 3 aliphatic carbocycles. The second-order valence-corrected chi connectivity index (χ2v) is 8.73. The van der Waals surface area contributed by atoms with Gasteiger partial charge in [0.25, 0.3) is 0 Å². The van der Waals surface area contributed by atoms with Gasteiger partial charge in [-0.05, 0) is 85.4 Å². The Morgan fingerprint density at radius 2 is 1.89 bits per heavy atom. The van der Waals surface area contributed by atoms with Crippen LogP contribution in [0.1, 0.15) is 60.5 Å². The molecule has 3 atom stereocenters. The molecule has 28 heavy (non-hydrogen) atoms. The molecule has 1 N–H and O–H groups in total. The number of aliphatic hydroxyl groups excluding tert-OH is 1. The van der Waals surface area contributed by atoms with Gasteiger partial charge in [-0.3, -0.25) is 0 Å². The Labute approximate surface area is 166 Å². The number of aliphatic hydroxyl groups is 1. The summed E-state index contributed by atoms with van der Waals surface area (Å²) in [5.41, 5.74) is 6.28. The Kier molecular flexibility index (Phi) is 4.17. The van der Waals surface area contributed by atoms with Crippen LogP contribution in [0.25, 0.3) is 5.57 Å². The first kappa shape index (κ1) is 17.7. The van der Waals surface area contributed by atoms with E-state index in [-0.39, 0.29) is 17.5 Å². The molecule has 0 aromatic heterocycles. The summed E-state index contributed by atoms with van der Waals surface area (Å²) in [4.78, 5) is 12.3. The molecular formula is C25H26O3. The summed E-state index contributed by atoms with van der Waals surface area (Å²) < 4.78 is 5.61. The highest BCUT2D eigenvalue weighted by molar-refractivity contribution is 5.91. The molecule has 0 bridgehead atoms. The molecule has 0 spiro atoms. The summed E-state index contributed by atoms with van der Waals surface area (Å²) in [7, 11) is 0. The molecule has 2 aromatic carbocycles. The van der Waals surface area contributed by atoms with E-state index in [2.05, 4.69) is 13.0 Å². The molecule has 0 radical (unpaired) electrons. The third-order valence-electron chi connectivity index (χ3n) is 7.29. The lowest BCUT2D eigenvalue weighted by Gasteiger charge is -2.43. The van der Waals surface area contributed by atoms with Crippen molar-refractivity contribution in [1.82, 2.24) is 0 Å². The number of rotatable bonds is 2. The van der Waals surface area contributed by atoms with Crippen molar-refractivity contribution in [1.29, 1.82) is 0 Å². The Balaban J connectivity index is 1.43. The normalized spacial score (nSPS) is 28.4. The van der Waals surface area contributed by atoms with Crippen LogP contribution in [0.4, 0.5) is 0 Å². The van der Waals surface area contributed by atoms with E-state index in [9.17, 15) is 9.90 Å². The molecule has 144 valence electrons. The molecule has 3 aliphatic rings. The Morgan fingerprint density at radius 1 is 1.07 bits per heavy atom. The second-order valence-electron chi connectivity index (χ2n) is 8.73. The van der Waals surface area contributed by atoms with Gasteiger partial charge in [0.15, 0.2) is 0 Å². The molecule has 0 heterocycles. The van der Waals surface area contributed by atoms with Gasteiger partial charge >= 0.3 is 5.97 Å². The van der Waals surface area contributed by atoms with Crippen molar-refractivity contribution in [2.45, 2.75) is 51.6 Å². The monoisotopic (exact) mass is 374 g/mol. The van der Waals surface area contributed by atoms with E-state index in [1.165, 1.54) is 16.7 Å². The number of hydrogen-bond acceptors (Lipinski definition) is 3. The van der Waals surface area contributed by atoms with Gasteiger partial charge in [0.05, 0.1) is 11.7 Å². The van der Waals surface area contributed by atoms with E-state index < -0.39 is 0 Å². The van der Waals surface area contributed by atoms with E-state index in [1.54, 1.807) is 17.7 Å². The third kappa shape index (κ3) is 2.72. The topological polar surface area (TPSA) is 46.5 Å². The van der Waals surface area contributed by atoms with Crippen molar-refractivity contribution in [3.8, 4) is 5.75 Å². The highest BCUT2D eigenvalue weighted by atomic mass is 16.5. The van der Waals surface area contributed by atoms with E-state index >= 15 is 0 Å². The maximum Gasteiger partial charge on any atom is 0.343 e. The number of benzene rings is 2. The van der Waals surface area contributed by atoms with E-state index in [0.717, 1.165) is 38.5 Å². The maximum absolute atomic E-state index is 12.3. The van der Waals surface area contributed by atoms with Crippen LogP contribution in [0.15, 0.2) is 54.1 Å². The van der Waals surface area contributed by atoms with Crippen LogP contribution in [0.3, 0.4) is 0 Å².